The van der Waals surface area contributed by atoms with E-state index in [9.17, 15) is 4.79 Å². The van der Waals surface area contributed by atoms with E-state index in [4.69, 9.17) is 5.73 Å². The molecule has 1 saturated carbocycles. The number of benzene rings is 1. The molecule has 136 valence electrons. The number of rotatable bonds is 6. The highest BCUT2D eigenvalue weighted by molar-refractivity contribution is 5.98. The highest BCUT2D eigenvalue weighted by Gasteiger charge is 2.24. The molecule has 1 aromatic carbocycles. The third-order valence-corrected chi connectivity index (χ3v) is 5.07. The lowest BCUT2D eigenvalue weighted by molar-refractivity contribution is 0.100. The molecule has 6 heteroatoms. The molecular formula is C20H25N5O. The van der Waals surface area contributed by atoms with Crippen molar-refractivity contribution in [3.63, 3.8) is 0 Å². The van der Waals surface area contributed by atoms with Gasteiger partial charge >= 0.3 is 0 Å². The van der Waals surface area contributed by atoms with Crippen molar-refractivity contribution < 1.29 is 4.79 Å². The summed E-state index contributed by atoms with van der Waals surface area (Å²) in [5, 5.41) is 10.0. The summed E-state index contributed by atoms with van der Waals surface area (Å²) in [6.07, 6.45) is 4.60. The standard InChI is InChI=1S/C20H25N5O/c21-19(26)17-7-8-18(25-20(17)24-16-5-6-16)23-15-3-1-13(2-4-15)14-9-11-22-12-10-14/h1-4,7-8,14,16,22H,5-6,9-12H2,(H2,21,26)(H2,23,24,25). The highest BCUT2D eigenvalue weighted by Crippen LogP contribution is 2.29. The number of hydrogen-bond acceptors (Lipinski definition) is 5. The summed E-state index contributed by atoms with van der Waals surface area (Å²) < 4.78 is 0. The predicted octanol–water partition coefficient (Wildman–Crippen LogP) is 2.97. The van der Waals surface area contributed by atoms with Crippen LogP contribution in [0, 0.1) is 0 Å². The second-order valence-electron chi connectivity index (χ2n) is 7.15. The van der Waals surface area contributed by atoms with Crippen LogP contribution in [0.15, 0.2) is 36.4 Å². The van der Waals surface area contributed by atoms with Gasteiger partial charge in [0, 0.05) is 11.7 Å². The van der Waals surface area contributed by atoms with Crippen molar-refractivity contribution in [1.29, 1.82) is 0 Å². The minimum absolute atomic E-state index is 0.403. The van der Waals surface area contributed by atoms with Crippen LogP contribution < -0.4 is 21.7 Å². The Balaban J connectivity index is 1.48. The van der Waals surface area contributed by atoms with Crippen molar-refractivity contribution in [2.45, 2.75) is 37.6 Å². The molecule has 1 amide bonds. The second-order valence-corrected chi connectivity index (χ2v) is 7.15. The molecular weight excluding hydrogens is 326 g/mol. The van der Waals surface area contributed by atoms with Gasteiger partial charge in [0.1, 0.15) is 11.6 Å². The Morgan fingerprint density at radius 1 is 1.04 bits per heavy atom. The van der Waals surface area contributed by atoms with E-state index in [1.54, 1.807) is 12.1 Å². The van der Waals surface area contributed by atoms with Gasteiger partial charge in [-0.3, -0.25) is 4.79 Å². The predicted molar refractivity (Wildman–Crippen MR) is 104 cm³/mol. The Kier molecular flexibility index (Phi) is 4.75. The Labute approximate surface area is 153 Å². The maximum Gasteiger partial charge on any atom is 0.252 e. The lowest BCUT2D eigenvalue weighted by Gasteiger charge is -2.23. The van der Waals surface area contributed by atoms with E-state index in [0.29, 0.717) is 29.2 Å². The Morgan fingerprint density at radius 3 is 2.42 bits per heavy atom. The molecule has 0 radical (unpaired) electrons. The maximum absolute atomic E-state index is 11.6. The van der Waals surface area contributed by atoms with Gasteiger partial charge < -0.3 is 21.7 Å². The minimum atomic E-state index is -0.460. The van der Waals surface area contributed by atoms with Gasteiger partial charge in [-0.2, -0.15) is 0 Å². The molecule has 2 fully saturated rings. The van der Waals surface area contributed by atoms with Crippen LogP contribution in [0.5, 0.6) is 0 Å². The first-order valence-electron chi connectivity index (χ1n) is 9.34. The zero-order valence-corrected chi connectivity index (χ0v) is 14.8. The fraction of sp³-hybridized carbons (Fsp3) is 0.400. The Hall–Kier alpha value is -2.60. The SMILES string of the molecule is NC(=O)c1ccc(Nc2ccc(C3CCNCC3)cc2)nc1NC1CC1. The van der Waals surface area contributed by atoms with E-state index in [1.165, 1.54) is 18.4 Å². The average Bonchev–Trinajstić information content (AvgIpc) is 3.47. The summed E-state index contributed by atoms with van der Waals surface area (Å²) in [6.45, 7) is 2.19. The number of nitrogens with one attached hydrogen (secondary N) is 3. The third-order valence-electron chi connectivity index (χ3n) is 5.07. The number of pyridine rings is 1. The van der Waals surface area contributed by atoms with E-state index in [1.807, 2.05) is 0 Å². The molecule has 2 aromatic rings. The van der Waals surface area contributed by atoms with Gasteiger partial charge in [-0.25, -0.2) is 4.98 Å². The van der Waals surface area contributed by atoms with Crippen molar-refractivity contribution in [3.8, 4) is 0 Å². The number of aromatic nitrogens is 1. The number of amides is 1. The molecule has 2 heterocycles. The highest BCUT2D eigenvalue weighted by atomic mass is 16.1. The number of carbonyl (C=O) groups is 1. The van der Waals surface area contributed by atoms with Crippen molar-refractivity contribution >= 4 is 23.2 Å². The van der Waals surface area contributed by atoms with Crippen LogP contribution in [-0.2, 0) is 0 Å². The normalized spacial score (nSPS) is 17.7. The molecule has 5 N–H and O–H groups in total. The quantitative estimate of drug-likeness (QED) is 0.642. The molecule has 2 aliphatic rings. The first-order chi connectivity index (χ1) is 12.7. The summed E-state index contributed by atoms with van der Waals surface area (Å²) in [7, 11) is 0. The number of nitrogens with zero attached hydrogens (tertiary/aromatic N) is 1. The molecule has 0 atom stereocenters. The molecule has 1 saturated heterocycles. The van der Waals surface area contributed by atoms with Gasteiger partial charge in [0.05, 0.1) is 5.56 Å². The van der Waals surface area contributed by atoms with Crippen LogP contribution in [0.2, 0.25) is 0 Å². The van der Waals surface area contributed by atoms with E-state index in [2.05, 4.69) is 45.2 Å². The number of piperidine rings is 1. The molecule has 26 heavy (non-hydrogen) atoms. The first-order valence-corrected chi connectivity index (χ1v) is 9.34. The third kappa shape index (κ3) is 3.96. The summed E-state index contributed by atoms with van der Waals surface area (Å²) in [5.74, 6) is 1.45. The number of hydrogen-bond donors (Lipinski definition) is 4. The molecule has 0 spiro atoms. The molecule has 0 unspecified atom stereocenters. The van der Waals surface area contributed by atoms with Crippen LogP contribution in [0.25, 0.3) is 0 Å². The second kappa shape index (κ2) is 7.33. The van der Waals surface area contributed by atoms with Crippen LogP contribution in [0.1, 0.15) is 47.5 Å². The molecule has 1 aromatic heterocycles. The first kappa shape index (κ1) is 16.8. The largest absolute Gasteiger partial charge is 0.367 e. The number of anilines is 3. The fourth-order valence-electron chi connectivity index (χ4n) is 3.40. The van der Waals surface area contributed by atoms with Crippen LogP contribution in [0.4, 0.5) is 17.3 Å². The van der Waals surface area contributed by atoms with E-state index in [-0.39, 0.29) is 0 Å². The van der Waals surface area contributed by atoms with Gasteiger partial charge in [-0.15, -0.1) is 0 Å². The van der Waals surface area contributed by atoms with Crippen molar-refractivity contribution in [2.24, 2.45) is 5.73 Å². The number of primary amides is 1. The topological polar surface area (TPSA) is 92.1 Å². The fourth-order valence-corrected chi connectivity index (χ4v) is 3.40. The Bertz CT molecular complexity index is 779. The molecule has 0 bridgehead atoms. The zero-order chi connectivity index (χ0) is 17.9. The van der Waals surface area contributed by atoms with Crippen LogP contribution in [0.3, 0.4) is 0 Å². The number of nitrogens with two attached hydrogens (primary N) is 1. The van der Waals surface area contributed by atoms with Crippen molar-refractivity contribution in [3.05, 3.63) is 47.5 Å². The summed E-state index contributed by atoms with van der Waals surface area (Å²) in [5.41, 5.74) is 8.27. The molecule has 6 nitrogen and oxygen atoms in total. The van der Waals surface area contributed by atoms with E-state index >= 15 is 0 Å². The van der Waals surface area contributed by atoms with Gasteiger partial charge in [-0.1, -0.05) is 12.1 Å². The summed E-state index contributed by atoms with van der Waals surface area (Å²) in [6, 6.07) is 12.5. The van der Waals surface area contributed by atoms with Crippen LogP contribution >= 0.6 is 0 Å². The van der Waals surface area contributed by atoms with Crippen LogP contribution in [-0.4, -0.2) is 30.0 Å². The molecule has 1 aliphatic heterocycles. The minimum Gasteiger partial charge on any atom is -0.367 e. The van der Waals surface area contributed by atoms with E-state index < -0.39 is 5.91 Å². The summed E-state index contributed by atoms with van der Waals surface area (Å²) >= 11 is 0. The smallest absolute Gasteiger partial charge is 0.252 e. The Morgan fingerprint density at radius 2 is 1.77 bits per heavy atom. The summed E-state index contributed by atoms with van der Waals surface area (Å²) in [4.78, 5) is 16.1. The lowest BCUT2D eigenvalue weighted by Crippen LogP contribution is -2.26. The van der Waals surface area contributed by atoms with Gasteiger partial charge in [0.2, 0.25) is 0 Å². The monoisotopic (exact) mass is 351 g/mol. The molecule has 4 rings (SSSR count). The van der Waals surface area contributed by atoms with Crippen molar-refractivity contribution in [1.82, 2.24) is 10.3 Å². The zero-order valence-electron chi connectivity index (χ0n) is 14.8. The van der Waals surface area contributed by atoms with E-state index in [0.717, 1.165) is 31.6 Å². The molecule has 1 aliphatic carbocycles. The van der Waals surface area contributed by atoms with Crippen molar-refractivity contribution in [2.75, 3.05) is 23.7 Å². The van der Waals surface area contributed by atoms with Gasteiger partial charge in [-0.05, 0) is 74.5 Å². The average molecular weight is 351 g/mol. The van der Waals surface area contributed by atoms with Gasteiger partial charge in [0.15, 0.2) is 0 Å². The number of carbonyl (C=O) groups excluding carboxylic acids is 1. The lowest BCUT2D eigenvalue weighted by atomic mass is 9.90. The maximum atomic E-state index is 11.6. The van der Waals surface area contributed by atoms with Gasteiger partial charge in [0.25, 0.3) is 5.91 Å².